The molecule has 196 valence electrons. The number of carbonyl (C=O) groups excluding carboxylic acids is 1. The molecule has 3 heterocycles. The molecule has 1 aromatic heterocycles. The van der Waals surface area contributed by atoms with Crippen molar-refractivity contribution in [3.8, 4) is 0 Å². The summed E-state index contributed by atoms with van der Waals surface area (Å²) >= 11 is 0. The first kappa shape index (κ1) is 26.2. The summed E-state index contributed by atoms with van der Waals surface area (Å²) in [6, 6.07) is 1.92. The first-order chi connectivity index (χ1) is 16.6. The Morgan fingerprint density at radius 2 is 1.97 bits per heavy atom. The molecule has 6 nitrogen and oxygen atoms in total. The fourth-order valence-electron chi connectivity index (χ4n) is 6.14. The van der Waals surface area contributed by atoms with Gasteiger partial charge >= 0.3 is 6.18 Å². The zero-order chi connectivity index (χ0) is 25.2. The molecule has 2 saturated heterocycles. The maximum Gasteiger partial charge on any atom is 0.417 e. The van der Waals surface area contributed by atoms with Crippen molar-refractivity contribution in [2.24, 2.45) is 17.3 Å². The van der Waals surface area contributed by atoms with E-state index in [0.29, 0.717) is 49.9 Å². The smallest absolute Gasteiger partial charge is 0.381 e. The third-order valence-electron chi connectivity index (χ3n) is 8.51. The van der Waals surface area contributed by atoms with E-state index < -0.39 is 11.7 Å². The molecule has 0 radical (unpaired) electrons. The van der Waals surface area contributed by atoms with E-state index in [4.69, 9.17) is 4.74 Å². The predicted molar refractivity (Wildman–Crippen MR) is 129 cm³/mol. The molecule has 0 aromatic carbocycles. The normalized spacial score (nSPS) is 30.2. The Hall–Kier alpha value is -1.87. The van der Waals surface area contributed by atoms with Crippen LogP contribution in [0.5, 0.6) is 0 Å². The lowest BCUT2D eigenvalue weighted by Crippen LogP contribution is -2.54. The number of anilines is 1. The molecule has 3 fully saturated rings. The third-order valence-corrected chi connectivity index (χ3v) is 8.51. The molecule has 0 spiro atoms. The van der Waals surface area contributed by atoms with Crippen LogP contribution in [0.4, 0.5) is 18.9 Å². The van der Waals surface area contributed by atoms with Crippen molar-refractivity contribution in [2.45, 2.75) is 71.1 Å². The molecule has 0 bridgehead atoms. The van der Waals surface area contributed by atoms with Crippen molar-refractivity contribution in [3.63, 3.8) is 0 Å². The molecular formula is C26H39F3N4O2. The van der Waals surface area contributed by atoms with Crippen LogP contribution in [-0.4, -0.2) is 67.3 Å². The molecule has 1 saturated carbocycles. The van der Waals surface area contributed by atoms with Gasteiger partial charge in [-0.2, -0.15) is 13.2 Å². The molecule has 4 atom stereocenters. The van der Waals surface area contributed by atoms with Gasteiger partial charge in [-0.25, -0.2) is 0 Å². The van der Waals surface area contributed by atoms with Crippen LogP contribution in [-0.2, 0) is 15.7 Å². The van der Waals surface area contributed by atoms with Crippen molar-refractivity contribution in [2.75, 3.05) is 44.3 Å². The van der Waals surface area contributed by atoms with Gasteiger partial charge in [0.25, 0.3) is 0 Å². The fraction of sp³-hybridized carbons (Fsp3) is 0.769. The van der Waals surface area contributed by atoms with Crippen LogP contribution in [0.1, 0.15) is 58.4 Å². The summed E-state index contributed by atoms with van der Waals surface area (Å²) in [6.45, 7) is 10.1. The summed E-state index contributed by atoms with van der Waals surface area (Å²) < 4.78 is 44.9. The second-order valence-corrected chi connectivity index (χ2v) is 10.8. The highest BCUT2D eigenvalue weighted by Crippen LogP contribution is 2.46. The Morgan fingerprint density at radius 3 is 2.63 bits per heavy atom. The van der Waals surface area contributed by atoms with Gasteiger partial charge < -0.3 is 19.9 Å². The van der Waals surface area contributed by atoms with Gasteiger partial charge in [0, 0.05) is 51.1 Å². The minimum atomic E-state index is -4.42. The van der Waals surface area contributed by atoms with E-state index in [1.54, 1.807) is 0 Å². The van der Waals surface area contributed by atoms with Gasteiger partial charge in [-0.1, -0.05) is 20.8 Å². The minimum absolute atomic E-state index is 0.206. The number of aromatic nitrogens is 1. The van der Waals surface area contributed by atoms with E-state index in [-0.39, 0.29) is 17.2 Å². The number of nitrogens with one attached hydrogen (secondary N) is 1. The molecule has 4 rings (SSSR count). The lowest BCUT2D eigenvalue weighted by Gasteiger charge is -2.42. The Morgan fingerprint density at radius 1 is 1.23 bits per heavy atom. The third kappa shape index (κ3) is 5.61. The summed E-state index contributed by atoms with van der Waals surface area (Å²) in [5.41, 5.74) is -0.672. The van der Waals surface area contributed by atoms with Gasteiger partial charge in [-0.05, 0) is 50.0 Å². The number of carbonyl (C=O) groups is 1. The number of halogens is 3. The number of amides is 1. The average molecular weight is 497 g/mol. The highest BCUT2D eigenvalue weighted by molar-refractivity contribution is 5.84. The van der Waals surface area contributed by atoms with E-state index in [1.807, 2.05) is 9.80 Å². The largest absolute Gasteiger partial charge is 0.417 e. The lowest BCUT2D eigenvalue weighted by molar-refractivity contribution is -0.145. The molecule has 9 heteroatoms. The second-order valence-electron chi connectivity index (χ2n) is 10.8. The van der Waals surface area contributed by atoms with E-state index in [9.17, 15) is 18.0 Å². The Bertz CT molecular complexity index is 872. The quantitative estimate of drug-likeness (QED) is 0.635. The van der Waals surface area contributed by atoms with Crippen molar-refractivity contribution < 1.29 is 22.7 Å². The second kappa shape index (κ2) is 10.6. The molecule has 1 amide bonds. The standard InChI is InChI=1S/C26H39F3N4O2/c1-4-19-17-35-12-6-23(19)31-21-5-7-25(14-21,18(2)3)24(34)33-10-8-32(9-11-33)22-13-20(15-30-16-22)26(27,28)29/h13,15-16,18-19,21,23,31H,4-12,14,17H2,1-3H3/t19?,21-,23?,25?/m1/s1. The van der Waals surface area contributed by atoms with Crippen molar-refractivity contribution in [1.29, 1.82) is 0 Å². The van der Waals surface area contributed by atoms with E-state index in [2.05, 4.69) is 31.1 Å². The van der Waals surface area contributed by atoms with Crippen LogP contribution < -0.4 is 10.2 Å². The van der Waals surface area contributed by atoms with Crippen LogP contribution in [0.25, 0.3) is 0 Å². The number of rotatable bonds is 6. The molecule has 3 unspecified atom stereocenters. The summed E-state index contributed by atoms with van der Waals surface area (Å²) in [5.74, 6) is 0.953. The first-order valence-corrected chi connectivity index (χ1v) is 13.0. The van der Waals surface area contributed by atoms with Crippen molar-refractivity contribution >= 4 is 11.6 Å². The zero-order valence-electron chi connectivity index (χ0n) is 21.1. The van der Waals surface area contributed by atoms with E-state index in [0.717, 1.165) is 57.6 Å². The Kier molecular flexibility index (Phi) is 7.95. The van der Waals surface area contributed by atoms with Crippen LogP contribution in [0, 0.1) is 17.3 Å². The lowest BCUT2D eigenvalue weighted by atomic mass is 9.74. The van der Waals surface area contributed by atoms with Crippen LogP contribution in [0.3, 0.4) is 0 Å². The predicted octanol–water partition coefficient (Wildman–Crippen LogP) is 4.35. The van der Waals surface area contributed by atoms with Crippen molar-refractivity contribution in [3.05, 3.63) is 24.0 Å². The number of ether oxygens (including phenoxy) is 1. The number of nitrogens with zero attached hydrogens (tertiary/aromatic N) is 3. The summed E-state index contributed by atoms with van der Waals surface area (Å²) in [4.78, 5) is 21.5. The van der Waals surface area contributed by atoms with E-state index in [1.165, 1.54) is 6.20 Å². The molecule has 2 aliphatic heterocycles. The molecule has 1 aliphatic carbocycles. The van der Waals surface area contributed by atoms with Gasteiger partial charge in [0.1, 0.15) is 0 Å². The molecule has 1 N–H and O–H groups in total. The van der Waals surface area contributed by atoms with Crippen LogP contribution in [0.2, 0.25) is 0 Å². The Labute approximate surface area is 206 Å². The maximum absolute atomic E-state index is 13.8. The van der Waals surface area contributed by atoms with Crippen molar-refractivity contribution in [1.82, 2.24) is 15.2 Å². The molecule has 1 aromatic rings. The summed E-state index contributed by atoms with van der Waals surface area (Å²) in [5, 5.41) is 3.87. The zero-order valence-corrected chi connectivity index (χ0v) is 21.1. The minimum Gasteiger partial charge on any atom is -0.381 e. The molecule has 35 heavy (non-hydrogen) atoms. The molecule has 3 aliphatic rings. The van der Waals surface area contributed by atoms with E-state index >= 15 is 0 Å². The van der Waals surface area contributed by atoms with Gasteiger partial charge in [0.2, 0.25) is 5.91 Å². The fourth-order valence-corrected chi connectivity index (χ4v) is 6.14. The van der Waals surface area contributed by atoms with Crippen LogP contribution in [0.15, 0.2) is 18.5 Å². The topological polar surface area (TPSA) is 57.7 Å². The number of piperazine rings is 1. The number of alkyl halides is 3. The summed E-state index contributed by atoms with van der Waals surface area (Å²) in [7, 11) is 0. The highest BCUT2D eigenvalue weighted by atomic mass is 19.4. The van der Waals surface area contributed by atoms with Gasteiger partial charge in [-0.15, -0.1) is 0 Å². The van der Waals surface area contributed by atoms with Gasteiger partial charge in [0.05, 0.1) is 29.5 Å². The number of hydrogen-bond donors (Lipinski definition) is 1. The number of hydrogen-bond acceptors (Lipinski definition) is 5. The van der Waals surface area contributed by atoms with Gasteiger partial charge in [-0.3, -0.25) is 9.78 Å². The van der Waals surface area contributed by atoms with Crippen LogP contribution >= 0.6 is 0 Å². The summed E-state index contributed by atoms with van der Waals surface area (Å²) in [6.07, 6.45) is 2.72. The van der Waals surface area contributed by atoms with Gasteiger partial charge in [0.15, 0.2) is 0 Å². The first-order valence-electron chi connectivity index (χ1n) is 13.0. The monoisotopic (exact) mass is 496 g/mol. The average Bonchev–Trinajstić information content (AvgIpc) is 3.29. The SMILES string of the molecule is CCC1COCCC1N[C@@H]1CCC(C(=O)N2CCN(c3cncc(C(F)(F)F)c3)CC2)(C(C)C)C1. The number of pyridine rings is 1. The Balaban J connectivity index is 1.38. The highest BCUT2D eigenvalue weighted by Gasteiger charge is 2.50. The maximum atomic E-state index is 13.8. The molecular weight excluding hydrogens is 457 g/mol.